The van der Waals surface area contributed by atoms with Gasteiger partial charge in [0.25, 0.3) is 0 Å². The van der Waals surface area contributed by atoms with Gasteiger partial charge >= 0.3 is 12.0 Å². The maximum atomic E-state index is 11.9. The molecule has 12 nitrogen and oxygen atoms in total. The molecule has 0 bridgehead atoms. The van der Waals surface area contributed by atoms with Crippen LogP contribution in [0.5, 0.6) is 23.5 Å². The van der Waals surface area contributed by atoms with Crippen LogP contribution in [0.1, 0.15) is 41.5 Å². The maximum absolute atomic E-state index is 11.9. The lowest BCUT2D eigenvalue weighted by molar-refractivity contribution is -0.142. The van der Waals surface area contributed by atoms with Crippen LogP contribution < -0.4 is 18.9 Å². The van der Waals surface area contributed by atoms with E-state index >= 15 is 0 Å². The van der Waals surface area contributed by atoms with Gasteiger partial charge in [-0.25, -0.2) is 0 Å². The summed E-state index contributed by atoms with van der Waals surface area (Å²) in [5, 5.41) is 10.3. The number of ether oxygens (including phenoxy) is 5. The zero-order valence-electron chi connectivity index (χ0n) is 29.1. The van der Waals surface area contributed by atoms with Gasteiger partial charge in [0, 0.05) is 55.3 Å². The van der Waals surface area contributed by atoms with Crippen LogP contribution in [0, 0.1) is 6.92 Å². The number of pyridine rings is 1. The van der Waals surface area contributed by atoms with Crippen molar-refractivity contribution in [3.63, 3.8) is 0 Å². The maximum Gasteiger partial charge on any atom is 0.323 e. The van der Waals surface area contributed by atoms with Gasteiger partial charge in [-0.1, -0.05) is 48.0 Å². The molecule has 13 heteroatoms. The summed E-state index contributed by atoms with van der Waals surface area (Å²) in [5.74, 6) is 0.455. The zero-order valence-corrected chi connectivity index (χ0v) is 29.8. The number of carbonyl (C=O) groups is 1. The number of morpholine rings is 1. The Balaban J connectivity index is 1.18. The van der Waals surface area contributed by atoms with E-state index in [0.717, 1.165) is 79.3 Å². The number of hydrogen-bond acceptors (Lipinski definition) is 11. The predicted octanol–water partition coefficient (Wildman–Crippen LogP) is 5.82. The van der Waals surface area contributed by atoms with Gasteiger partial charge in [0.05, 0.1) is 37.5 Å². The molecule has 2 saturated heterocycles. The molecular weight excluding hydrogens is 674 g/mol. The molecule has 2 aromatic carbocycles. The highest BCUT2D eigenvalue weighted by Crippen LogP contribution is 2.37. The van der Waals surface area contributed by atoms with E-state index in [1.807, 2.05) is 60.4 Å². The topological polar surface area (TPSA) is 129 Å². The number of aliphatic carboxylic acids is 1. The molecular formula is C38H44ClN5O7. The number of halogens is 1. The molecule has 0 unspecified atom stereocenters. The van der Waals surface area contributed by atoms with Crippen LogP contribution in [-0.2, 0) is 29.3 Å². The first-order chi connectivity index (χ1) is 24.9. The number of nitrogens with zero attached hydrogens (tertiary/aromatic N) is 5. The Labute approximate surface area is 303 Å². The third-order valence-electron chi connectivity index (χ3n) is 9.20. The average Bonchev–Trinajstić information content (AvgIpc) is 3.63. The second-order valence-electron chi connectivity index (χ2n) is 12.6. The van der Waals surface area contributed by atoms with E-state index in [4.69, 9.17) is 35.3 Å². The summed E-state index contributed by atoms with van der Waals surface area (Å²) in [5.41, 5.74) is 4.97. The van der Waals surface area contributed by atoms with Gasteiger partial charge in [0.1, 0.15) is 25.0 Å². The van der Waals surface area contributed by atoms with E-state index in [1.165, 1.54) is 7.11 Å². The minimum atomic E-state index is -0.863. The van der Waals surface area contributed by atoms with Crippen molar-refractivity contribution in [2.24, 2.45) is 0 Å². The third-order valence-corrected chi connectivity index (χ3v) is 9.65. The van der Waals surface area contributed by atoms with Crippen molar-refractivity contribution in [3.05, 3.63) is 88.2 Å². The Kier molecular flexibility index (Phi) is 12.6. The number of carboxylic acid groups (broad SMARTS) is 1. The van der Waals surface area contributed by atoms with Gasteiger partial charge in [-0.15, -0.1) is 0 Å². The lowest BCUT2D eigenvalue weighted by atomic mass is 9.98. The van der Waals surface area contributed by atoms with Crippen molar-refractivity contribution in [3.8, 4) is 34.6 Å². The molecule has 1 atom stereocenters. The zero-order chi connectivity index (χ0) is 35.6. The molecule has 2 aliphatic heterocycles. The number of benzene rings is 2. The van der Waals surface area contributed by atoms with Crippen LogP contribution in [0.15, 0.2) is 60.9 Å². The van der Waals surface area contributed by atoms with Crippen molar-refractivity contribution in [2.75, 3.05) is 53.1 Å². The lowest BCUT2D eigenvalue weighted by Gasteiger charge is -2.26. The monoisotopic (exact) mass is 717 g/mol. The molecule has 0 spiro atoms. The summed E-state index contributed by atoms with van der Waals surface area (Å²) in [6.07, 6.45) is 5.68. The summed E-state index contributed by atoms with van der Waals surface area (Å²) < 4.78 is 29.7. The quantitative estimate of drug-likeness (QED) is 0.140. The number of carboxylic acids is 1. The summed E-state index contributed by atoms with van der Waals surface area (Å²) in [6, 6.07) is 15.0. The van der Waals surface area contributed by atoms with Crippen molar-refractivity contribution in [2.45, 2.75) is 52.0 Å². The normalized spacial score (nSPS) is 16.6. The highest BCUT2D eigenvalue weighted by molar-refractivity contribution is 6.34. The Morgan fingerprint density at radius 1 is 0.980 bits per heavy atom. The first kappa shape index (κ1) is 36.3. The van der Waals surface area contributed by atoms with Crippen LogP contribution in [0.25, 0.3) is 11.1 Å². The van der Waals surface area contributed by atoms with Crippen LogP contribution in [-0.4, -0.2) is 95.0 Å². The molecule has 2 aromatic heterocycles. The van der Waals surface area contributed by atoms with Gasteiger partial charge in [0.15, 0.2) is 0 Å². The Bertz CT molecular complexity index is 1770. The van der Waals surface area contributed by atoms with Crippen LogP contribution in [0.2, 0.25) is 5.02 Å². The molecule has 51 heavy (non-hydrogen) atoms. The smallest absolute Gasteiger partial charge is 0.323 e. The van der Waals surface area contributed by atoms with E-state index in [1.54, 1.807) is 12.4 Å². The van der Waals surface area contributed by atoms with Gasteiger partial charge in [-0.05, 0) is 56.0 Å². The number of methoxy groups -OCH3 is 1. The highest BCUT2D eigenvalue weighted by Gasteiger charge is 2.33. The molecule has 0 radical (unpaired) electrons. The Morgan fingerprint density at radius 3 is 2.57 bits per heavy atom. The van der Waals surface area contributed by atoms with E-state index < -0.39 is 12.0 Å². The molecule has 270 valence electrons. The molecule has 4 heterocycles. The van der Waals surface area contributed by atoms with E-state index in [2.05, 4.69) is 19.9 Å². The second-order valence-corrected chi connectivity index (χ2v) is 12.9. The fourth-order valence-corrected chi connectivity index (χ4v) is 6.73. The van der Waals surface area contributed by atoms with Crippen LogP contribution in [0.4, 0.5) is 0 Å². The number of aromatic nitrogens is 3. The van der Waals surface area contributed by atoms with Crippen LogP contribution >= 0.6 is 11.6 Å². The average molecular weight is 718 g/mol. The second kappa shape index (κ2) is 17.6. The minimum absolute atomic E-state index is 0.0399. The Hall–Kier alpha value is -4.49. The highest BCUT2D eigenvalue weighted by atomic mass is 35.5. The Morgan fingerprint density at radius 2 is 1.78 bits per heavy atom. The SMILES string of the molecule is COc1nc(OCc2cccc(-c3cccc(OCCCN4CCOCC4)c3C)c2Cl)nc(OCc2cccnc2)c1CN1CCC[C@H]1C(=O)O. The molecule has 0 aliphatic carbocycles. The first-order valence-corrected chi connectivity index (χ1v) is 17.7. The fraction of sp³-hybridized carbons (Fsp3) is 0.421. The number of rotatable bonds is 16. The molecule has 2 aliphatic rings. The molecule has 6 rings (SSSR count). The predicted molar refractivity (Wildman–Crippen MR) is 192 cm³/mol. The summed E-state index contributed by atoms with van der Waals surface area (Å²) in [7, 11) is 1.50. The summed E-state index contributed by atoms with van der Waals surface area (Å²) in [6.45, 7) is 8.30. The molecule has 1 N–H and O–H groups in total. The molecule has 2 fully saturated rings. The summed E-state index contributed by atoms with van der Waals surface area (Å²) in [4.78, 5) is 29.5. The standard InChI is InChI=1S/C38H44ClN5O7/c1-26-29(10-4-13-33(26)49-19-7-15-43-17-20-48-21-18-43)30-11-3-9-28(34(30)39)25-51-38-41-35(47-2)31(23-44-16-6-12-32(44)37(45)46)36(42-38)50-24-27-8-5-14-40-22-27/h3-5,8-11,13-14,22,32H,6-7,12,15-21,23-25H2,1-2H3,(H,45,46)/t32-/m0/s1. The summed E-state index contributed by atoms with van der Waals surface area (Å²) >= 11 is 7.03. The largest absolute Gasteiger partial charge is 0.493 e. The first-order valence-electron chi connectivity index (χ1n) is 17.3. The van der Waals surface area contributed by atoms with Crippen LogP contribution in [0.3, 0.4) is 0 Å². The molecule has 4 aromatic rings. The van der Waals surface area contributed by atoms with Gasteiger partial charge < -0.3 is 28.8 Å². The van der Waals surface area contributed by atoms with Gasteiger partial charge in [0.2, 0.25) is 11.8 Å². The van der Waals surface area contributed by atoms with Gasteiger partial charge in [-0.2, -0.15) is 9.97 Å². The van der Waals surface area contributed by atoms with Gasteiger partial charge in [-0.3, -0.25) is 19.6 Å². The van der Waals surface area contributed by atoms with Crippen molar-refractivity contribution in [1.29, 1.82) is 0 Å². The number of hydrogen-bond donors (Lipinski definition) is 1. The number of likely N-dealkylation sites (tertiary alicyclic amines) is 1. The third kappa shape index (κ3) is 9.25. The fourth-order valence-electron chi connectivity index (χ4n) is 6.45. The van der Waals surface area contributed by atoms with Crippen molar-refractivity contribution < 1.29 is 33.6 Å². The van der Waals surface area contributed by atoms with E-state index in [0.29, 0.717) is 30.2 Å². The van der Waals surface area contributed by atoms with Crippen molar-refractivity contribution in [1.82, 2.24) is 24.8 Å². The van der Waals surface area contributed by atoms with Crippen molar-refractivity contribution >= 4 is 17.6 Å². The molecule has 0 saturated carbocycles. The van der Waals surface area contributed by atoms with E-state index in [9.17, 15) is 9.90 Å². The van der Waals surface area contributed by atoms with E-state index in [-0.39, 0.29) is 37.5 Å². The molecule has 0 amide bonds. The minimum Gasteiger partial charge on any atom is -0.493 e. The lowest BCUT2D eigenvalue weighted by Crippen LogP contribution is -2.37.